The molecule has 1 aromatic heterocycles. The fraction of sp³-hybridized carbons (Fsp3) is 0.692. The van der Waals surface area contributed by atoms with E-state index in [4.69, 9.17) is 4.74 Å². The average molecular weight is 456 g/mol. The molecule has 0 bridgehead atoms. The van der Waals surface area contributed by atoms with Crippen molar-refractivity contribution in [3.63, 3.8) is 0 Å². The standard InChI is InChI=1S/C26H41N5O2/c1-4-5-8-26(30-18-16-28(17-19-30)21(2)3)33-23-11-14-29(15-12-23)24-10-9-22(20-27-24)31-13-6-7-25(31)32/h8-10,20-21,23H,4-7,11-19H2,1-3H3/b26-8-. The number of hydrogen-bond donors (Lipinski definition) is 0. The molecule has 0 aromatic carbocycles. The van der Waals surface area contributed by atoms with Gasteiger partial charge in [-0.05, 0) is 44.9 Å². The van der Waals surface area contributed by atoms with E-state index in [1.54, 1.807) is 0 Å². The van der Waals surface area contributed by atoms with Gasteiger partial charge < -0.3 is 19.4 Å². The first-order chi connectivity index (χ1) is 16.0. The Bertz CT molecular complexity index is 793. The van der Waals surface area contributed by atoms with Crippen LogP contribution < -0.4 is 9.80 Å². The predicted molar refractivity (Wildman–Crippen MR) is 133 cm³/mol. The first kappa shape index (κ1) is 23.9. The third-order valence-corrected chi connectivity index (χ3v) is 7.13. The molecule has 33 heavy (non-hydrogen) atoms. The number of rotatable bonds is 8. The van der Waals surface area contributed by atoms with Gasteiger partial charge in [0.2, 0.25) is 5.91 Å². The first-order valence-corrected chi connectivity index (χ1v) is 12.9. The maximum Gasteiger partial charge on any atom is 0.227 e. The van der Waals surface area contributed by atoms with Gasteiger partial charge in [-0.1, -0.05) is 13.3 Å². The normalized spacial score (nSPS) is 21.4. The molecule has 4 heterocycles. The van der Waals surface area contributed by atoms with Crippen LogP contribution in [-0.2, 0) is 9.53 Å². The van der Waals surface area contributed by atoms with E-state index in [0.29, 0.717) is 12.5 Å². The smallest absolute Gasteiger partial charge is 0.227 e. The van der Waals surface area contributed by atoms with E-state index in [0.717, 1.165) is 95.3 Å². The van der Waals surface area contributed by atoms with Crippen molar-refractivity contribution < 1.29 is 9.53 Å². The van der Waals surface area contributed by atoms with Gasteiger partial charge in [-0.25, -0.2) is 4.98 Å². The third kappa shape index (κ3) is 5.99. The second kappa shape index (κ2) is 11.2. The highest BCUT2D eigenvalue weighted by molar-refractivity contribution is 5.95. The van der Waals surface area contributed by atoms with Crippen LogP contribution in [0.15, 0.2) is 30.3 Å². The number of ether oxygens (including phenoxy) is 1. The summed E-state index contributed by atoms with van der Waals surface area (Å²) in [6.07, 6.45) is 10.2. The lowest BCUT2D eigenvalue weighted by Gasteiger charge is -2.40. The highest BCUT2D eigenvalue weighted by Crippen LogP contribution is 2.26. The number of pyridine rings is 1. The molecule has 0 atom stereocenters. The molecule has 3 fully saturated rings. The molecule has 1 amide bonds. The number of allylic oxidation sites excluding steroid dienone is 1. The number of piperazine rings is 1. The molecule has 1 aromatic rings. The summed E-state index contributed by atoms with van der Waals surface area (Å²) < 4.78 is 6.59. The largest absolute Gasteiger partial charge is 0.476 e. The summed E-state index contributed by atoms with van der Waals surface area (Å²) in [4.78, 5) is 25.8. The summed E-state index contributed by atoms with van der Waals surface area (Å²) in [5.74, 6) is 2.30. The number of piperidine rings is 1. The summed E-state index contributed by atoms with van der Waals surface area (Å²) in [7, 11) is 0. The van der Waals surface area contributed by atoms with Crippen LogP contribution >= 0.6 is 0 Å². The lowest BCUT2D eigenvalue weighted by Crippen LogP contribution is -2.49. The highest BCUT2D eigenvalue weighted by atomic mass is 16.5. The second-order valence-electron chi connectivity index (χ2n) is 9.78. The van der Waals surface area contributed by atoms with Gasteiger partial charge in [-0.3, -0.25) is 9.69 Å². The third-order valence-electron chi connectivity index (χ3n) is 7.13. The average Bonchev–Trinajstić information content (AvgIpc) is 3.28. The van der Waals surface area contributed by atoms with Crippen molar-refractivity contribution in [1.82, 2.24) is 14.8 Å². The van der Waals surface area contributed by atoms with Crippen molar-refractivity contribution in [3.8, 4) is 0 Å². The van der Waals surface area contributed by atoms with Crippen LogP contribution in [0.5, 0.6) is 0 Å². The Labute approximate surface area is 199 Å². The number of nitrogens with zero attached hydrogens (tertiary/aromatic N) is 5. The Morgan fingerprint density at radius 3 is 2.45 bits per heavy atom. The number of amides is 1. The number of hydrogen-bond acceptors (Lipinski definition) is 6. The van der Waals surface area contributed by atoms with E-state index in [1.165, 1.54) is 0 Å². The quantitative estimate of drug-likeness (QED) is 0.555. The van der Waals surface area contributed by atoms with E-state index in [1.807, 2.05) is 17.2 Å². The van der Waals surface area contributed by atoms with Gasteiger partial charge in [-0.2, -0.15) is 0 Å². The van der Waals surface area contributed by atoms with Crippen molar-refractivity contribution in [1.29, 1.82) is 0 Å². The van der Waals surface area contributed by atoms with E-state index < -0.39 is 0 Å². The second-order valence-corrected chi connectivity index (χ2v) is 9.78. The van der Waals surface area contributed by atoms with Gasteiger partial charge in [-0.15, -0.1) is 0 Å². The summed E-state index contributed by atoms with van der Waals surface area (Å²) in [5, 5.41) is 0. The highest BCUT2D eigenvalue weighted by Gasteiger charge is 2.27. The topological polar surface area (TPSA) is 52.2 Å². The van der Waals surface area contributed by atoms with E-state index in [2.05, 4.69) is 52.6 Å². The van der Waals surface area contributed by atoms with Crippen molar-refractivity contribution >= 4 is 17.4 Å². The van der Waals surface area contributed by atoms with Crippen LogP contribution in [-0.4, -0.2) is 78.7 Å². The van der Waals surface area contributed by atoms with Gasteiger partial charge in [0.05, 0.1) is 11.9 Å². The Morgan fingerprint density at radius 1 is 1.12 bits per heavy atom. The SMILES string of the molecule is CCC/C=C(\OC1CCN(c2ccc(N3CCCC3=O)cn2)CC1)N1CCN(C(C)C)CC1. The van der Waals surface area contributed by atoms with Gasteiger partial charge in [0, 0.05) is 71.1 Å². The maximum absolute atomic E-state index is 12.0. The lowest BCUT2D eigenvalue weighted by atomic mass is 10.1. The fourth-order valence-electron chi connectivity index (χ4n) is 5.00. The molecular weight excluding hydrogens is 414 g/mol. The Morgan fingerprint density at radius 2 is 1.88 bits per heavy atom. The molecule has 0 N–H and O–H groups in total. The lowest BCUT2D eigenvalue weighted by molar-refractivity contribution is -0.117. The van der Waals surface area contributed by atoms with Crippen LogP contribution in [0.3, 0.4) is 0 Å². The predicted octanol–water partition coefficient (Wildman–Crippen LogP) is 3.86. The van der Waals surface area contributed by atoms with E-state index in [-0.39, 0.29) is 12.0 Å². The molecule has 3 aliphatic heterocycles. The zero-order valence-electron chi connectivity index (χ0n) is 20.7. The fourth-order valence-corrected chi connectivity index (χ4v) is 5.00. The molecular formula is C26H41N5O2. The minimum atomic E-state index is 0.208. The summed E-state index contributed by atoms with van der Waals surface area (Å²) in [5.41, 5.74) is 0.919. The van der Waals surface area contributed by atoms with Crippen molar-refractivity contribution in [2.45, 2.75) is 71.4 Å². The molecule has 0 aliphatic carbocycles. The van der Waals surface area contributed by atoms with Gasteiger partial charge in [0.15, 0.2) is 5.88 Å². The minimum absolute atomic E-state index is 0.208. The summed E-state index contributed by atoms with van der Waals surface area (Å²) >= 11 is 0. The van der Waals surface area contributed by atoms with Crippen molar-refractivity contribution in [2.75, 3.05) is 55.6 Å². The number of aromatic nitrogens is 1. The summed E-state index contributed by atoms with van der Waals surface area (Å²) in [6, 6.07) is 4.71. The summed E-state index contributed by atoms with van der Waals surface area (Å²) in [6.45, 7) is 13.8. The Balaban J connectivity index is 1.29. The molecule has 0 radical (unpaired) electrons. The van der Waals surface area contributed by atoms with Crippen LogP contribution in [0.25, 0.3) is 0 Å². The van der Waals surface area contributed by atoms with Crippen molar-refractivity contribution in [3.05, 3.63) is 30.3 Å². The van der Waals surface area contributed by atoms with E-state index >= 15 is 0 Å². The maximum atomic E-state index is 12.0. The zero-order chi connectivity index (χ0) is 23.2. The van der Waals surface area contributed by atoms with Gasteiger partial charge in [0.25, 0.3) is 0 Å². The number of carbonyl (C=O) groups excluding carboxylic acids is 1. The molecule has 7 heteroatoms. The molecule has 182 valence electrons. The molecule has 0 unspecified atom stereocenters. The first-order valence-electron chi connectivity index (χ1n) is 12.9. The van der Waals surface area contributed by atoms with Gasteiger partial charge in [0.1, 0.15) is 11.9 Å². The minimum Gasteiger partial charge on any atom is -0.476 e. The molecule has 3 aliphatic rings. The van der Waals surface area contributed by atoms with Crippen LogP contribution in [0, 0.1) is 0 Å². The molecule has 0 spiro atoms. The molecule has 3 saturated heterocycles. The molecule has 0 saturated carbocycles. The Hall–Kier alpha value is -2.28. The Kier molecular flexibility index (Phi) is 8.12. The zero-order valence-corrected chi connectivity index (χ0v) is 20.7. The van der Waals surface area contributed by atoms with E-state index in [9.17, 15) is 4.79 Å². The molecule has 7 nitrogen and oxygen atoms in total. The number of unbranched alkanes of at least 4 members (excludes halogenated alkanes) is 1. The monoisotopic (exact) mass is 455 g/mol. The van der Waals surface area contributed by atoms with Crippen molar-refractivity contribution in [2.24, 2.45) is 0 Å². The van der Waals surface area contributed by atoms with Crippen LogP contribution in [0.2, 0.25) is 0 Å². The van der Waals surface area contributed by atoms with Crippen LogP contribution in [0.4, 0.5) is 11.5 Å². The van der Waals surface area contributed by atoms with Gasteiger partial charge >= 0.3 is 0 Å². The number of carbonyl (C=O) groups is 1. The van der Waals surface area contributed by atoms with Crippen LogP contribution in [0.1, 0.15) is 59.3 Å². The molecule has 4 rings (SSSR count). The number of anilines is 2.